The minimum absolute atomic E-state index is 0.00685. The van der Waals surface area contributed by atoms with Gasteiger partial charge < -0.3 is 39.3 Å². The van der Waals surface area contributed by atoms with Crippen molar-refractivity contribution in [3.05, 3.63) is 48.4 Å². The van der Waals surface area contributed by atoms with Crippen molar-refractivity contribution in [2.45, 2.75) is 148 Å². The molecule has 0 aromatic heterocycles. The Labute approximate surface area is 316 Å². The van der Waals surface area contributed by atoms with E-state index in [0.717, 1.165) is 50.8 Å². The lowest BCUT2D eigenvalue weighted by Gasteiger charge is -2.31. The zero-order valence-electron chi connectivity index (χ0n) is 33.6. The number of sulfonamides is 1. The second-order valence-electron chi connectivity index (χ2n) is 13.9. The molecule has 1 amide bonds. The van der Waals surface area contributed by atoms with E-state index in [1.165, 1.54) is 12.8 Å². The summed E-state index contributed by atoms with van der Waals surface area (Å²) in [7, 11) is -4.77. The van der Waals surface area contributed by atoms with Gasteiger partial charge in [-0.1, -0.05) is 53.4 Å². The van der Waals surface area contributed by atoms with Gasteiger partial charge in [0.25, 0.3) is 0 Å². The average molecular weight is 774 g/mol. The maximum atomic E-state index is 12.1. The average Bonchev–Trinajstić information content (AvgIpc) is 3.12. The molecule has 300 valence electrons. The van der Waals surface area contributed by atoms with E-state index in [2.05, 4.69) is 44.3 Å². The van der Waals surface area contributed by atoms with Gasteiger partial charge in [-0.2, -0.15) is 0 Å². The molecular weight excluding hydrogens is 705 g/mol. The van der Waals surface area contributed by atoms with E-state index < -0.39 is 36.4 Å². The summed E-state index contributed by atoms with van der Waals surface area (Å²) in [4.78, 5) is 12.1. The number of rotatable bonds is 16. The number of nitrogens with two attached hydrogens (primary N) is 1. The zero-order chi connectivity index (χ0) is 39.7. The molecule has 0 aliphatic carbocycles. The van der Waals surface area contributed by atoms with Crippen LogP contribution in [0.2, 0.25) is 25.7 Å². The Morgan fingerprint density at radius 1 is 1.06 bits per heavy atom. The molecule has 1 aromatic carbocycles. The topological polar surface area (TPSA) is 165 Å². The molecule has 5 atom stereocenters. The number of anilines is 1. The van der Waals surface area contributed by atoms with Crippen molar-refractivity contribution in [3.8, 4) is 5.75 Å². The Bertz CT molecular complexity index is 1290. The normalized spacial score (nSPS) is 21.9. The monoisotopic (exact) mass is 773 g/mol. The maximum Gasteiger partial charge on any atom is 0.247 e. The van der Waals surface area contributed by atoms with Crippen molar-refractivity contribution in [1.29, 1.82) is 0 Å². The van der Waals surface area contributed by atoms with Crippen LogP contribution < -0.4 is 15.2 Å². The molecule has 52 heavy (non-hydrogen) atoms. The highest BCUT2D eigenvalue weighted by Gasteiger charge is 2.27. The van der Waals surface area contributed by atoms with Gasteiger partial charge in [-0.05, 0) is 93.7 Å². The van der Waals surface area contributed by atoms with E-state index >= 15 is 0 Å². The first-order valence-electron chi connectivity index (χ1n) is 19.3. The third-order valence-corrected chi connectivity index (χ3v) is 10.5. The van der Waals surface area contributed by atoms with Gasteiger partial charge >= 0.3 is 0 Å². The molecule has 3 heterocycles. The molecule has 1 fully saturated rings. The highest BCUT2D eigenvalue weighted by Crippen LogP contribution is 2.29. The Morgan fingerprint density at radius 2 is 1.69 bits per heavy atom. The summed E-state index contributed by atoms with van der Waals surface area (Å²) in [6.45, 7) is 14.0. The van der Waals surface area contributed by atoms with Crippen molar-refractivity contribution in [2.24, 2.45) is 5.73 Å². The van der Waals surface area contributed by atoms with Gasteiger partial charge in [0.1, 0.15) is 18.0 Å². The maximum absolute atomic E-state index is 12.1. The predicted octanol–water partition coefficient (Wildman–Crippen LogP) is 7.25. The Kier molecular flexibility index (Phi) is 22.9. The molecule has 4 rings (SSSR count). The van der Waals surface area contributed by atoms with E-state index in [1.807, 2.05) is 12.3 Å². The molecule has 4 unspecified atom stereocenters. The van der Waals surface area contributed by atoms with Gasteiger partial charge in [0.15, 0.2) is 13.1 Å². The van der Waals surface area contributed by atoms with Gasteiger partial charge in [0, 0.05) is 22.5 Å². The molecule has 1 aromatic rings. The Hall–Kier alpha value is -2.62. The number of ether oxygens (including phenoxy) is 6. The van der Waals surface area contributed by atoms with Crippen LogP contribution in [0.25, 0.3) is 0 Å². The quantitative estimate of drug-likeness (QED) is 0.0885. The molecule has 0 radical (unpaired) electrons. The molecule has 12 nitrogen and oxygen atoms in total. The number of hydrogen-bond donors (Lipinski definition) is 3. The van der Waals surface area contributed by atoms with Crippen LogP contribution >= 0.6 is 0 Å². The molecular formula is C38H68N2O10SSi. The lowest BCUT2D eigenvalue weighted by molar-refractivity contribution is -0.214. The molecule has 0 bridgehead atoms. The number of aliphatic hydroxyl groups excluding tert-OH is 1. The van der Waals surface area contributed by atoms with E-state index in [0.29, 0.717) is 37.3 Å². The fourth-order valence-corrected chi connectivity index (χ4v) is 6.45. The molecule has 14 heteroatoms. The van der Waals surface area contributed by atoms with Gasteiger partial charge in [0.05, 0.1) is 43.3 Å². The molecule has 1 saturated heterocycles. The standard InChI is InChI=1S/C23H40N2O7SSi.C7H12O.C6H10O2.C2H6/c1-6-18-8-7-9-22(31-18)32-21(23(24)26)15-17-10-11-20(19(14-17)25-33(2,27)28)30-16-29-12-13-34(3,4)5;1-2-7-5-3-4-6-8-7;7-5-6-3-1-2-4-8-6;1-2/h10-11,14,18,21-22,25H,6-9,12-13,15-16H2,1-5H3,(H2,24,26);4,6-7H,2-3,5H2,1H3;2,4,6-7H,1,3,5H2;1-2H3/t18?,21-,22?;;;/m0.../s1/i;;;1D. The van der Waals surface area contributed by atoms with Crippen LogP contribution in [0.15, 0.2) is 42.9 Å². The third kappa shape index (κ3) is 21.8. The number of nitrogens with one attached hydrogen (secondary N) is 1. The van der Waals surface area contributed by atoms with Crippen LogP contribution in [-0.4, -0.2) is 84.5 Å². The van der Waals surface area contributed by atoms with E-state index in [-0.39, 0.29) is 37.7 Å². The second kappa shape index (κ2) is 26.2. The van der Waals surface area contributed by atoms with Crippen LogP contribution in [0.1, 0.15) is 92.4 Å². The van der Waals surface area contributed by atoms with Crippen molar-refractivity contribution < 1.29 is 48.1 Å². The van der Waals surface area contributed by atoms with Gasteiger partial charge in [-0.3, -0.25) is 9.52 Å². The third-order valence-electron chi connectivity index (χ3n) is 8.16. The van der Waals surface area contributed by atoms with Crippen LogP contribution in [0.3, 0.4) is 0 Å². The number of aliphatic hydroxyl groups is 1. The number of hydrogen-bond acceptors (Lipinski definition) is 10. The summed E-state index contributed by atoms with van der Waals surface area (Å²) < 4.78 is 65.7. The summed E-state index contributed by atoms with van der Waals surface area (Å²) in [5, 5.41) is 8.53. The molecule has 4 N–H and O–H groups in total. The second-order valence-corrected chi connectivity index (χ2v) is 21.3. The SMILES string of the molecule is CCC1CCC=CO1.CCC1CCCC(O[C@@H](Cc2ccc(OCOCC[Si](C)(C)C)c(NS(C)(=O)=O)c2)C(N)=O)O1.OCC1CCC=CO1.[2H]CC. The van der Waals surface area contributed by atoms with Crippen molar-refractivity contribution in [3.63, 3.8) is 0 Å². The number of benzene rings is 1. The lowest BCUT2D eigenvalue weighted by Crippen LogP contribution is -2.39. The number of carbonyl (C=O) groups is 1. The summed E-state index contributed by atoms with van der Waals surface area (Å²) in [6, 6.07) is 6.02. The minimum atomic E-state index is -3.56. The van der Waals surface area contributed by atoms with Gasteiger partial charge in [-0.25, -0.2) is 8.42 Å². The predicted molar refractivity (Wildman–Crippen MR) is 210 cm³/mol. The molecule has 3 aliphatic rings. The largest absolute Gasteiger partial charge is 0.498 e. The van der Waals surface area contributed by atoms with Gasteiger partial charge in [-0.15, -0.1) is 0 Å². The van der Waals surface area contributed by atoms with Crippen LogP contribution in [-0.2, 0) is 44.9 Å². The number of carbonyl (C=O) groups excluding carboxylic acids is 1. The number of allylic oxidation sites excluding steroid dienone is 2. The first-order chi connectivity index (χ1) is 25.1. The Morgan fingerprint density at radius 3 is 2.17 bits per heavy atom. The molecule has 0 saturated carbocycles. The Balaban J connectivity index is 0.000000593. The minimum Gasteiger partial charge on any atom is -0.498 e. The van der Waals surface area contributed by atoms with Crippen molar-refractivity contribution >= 4 is 29.7 Å². The molecule has 3 aliphatic heterocycles. The van der Waals surface area contributed by atoms with Crippen LogP contribution in [0.5, 0.6) is 5.75 Å². The summed E-state index contributed by atoms with van der Waals surface area (Å²) in [6.07, 6.45) is 17.1. The summed E-state index contributed by atoms with van der Waals surface area (Å²) >= 11 is 0. The first-order valence-corrected chi connectivity index (χ1v) is 24.2. The smallest absolute Gasteiger partial charge is 0.247 e. The van der Waals surface area contributed by atoms with E-state index in [9.17, 15) is 13.2 Å². The molecule has 0 spiro atoms. The van der Waals surface area contributed by atoms with Crippen LogP contribution in [0.4, 0.5) is 5.69 Å². The summed E-state index contributed by atoms with van der Waals surface area (Å²) in [5.41, 5.74) is 6.53. The van der Waals surface area contributed by atoms with Crippen molar-refractivity contribution in [2.75, 3.05) is 31.0 Å². The highest BCUT2D eigenvalue weighted by molar-refractivity contribution is 7.92. The first kappa shape index (κ1) is 45.5. The number of primary amides is 1. The van der Waals surface area contributed by atoms with E-state index in [1.54, 1.807) is 31.4 Å². The lowest BCUT2D eigenvalue weighted by atomic mass is 10.0. The van der Waals surface area contributed by atoms with E-state index in [4.69, 9.17) is 40.6 Å². The fraction of sp³-hybridized carbons (Fsp3) is 0.711. The van der Waals surface area contributed by atoms with Gasteiger partial charge in [0.2, 0.25) is 15.9 Å². The van der Waals surface area contributed by atoms with Crippen molar-refractivity contribution in [1.82, 2.24) is 0 Å². The highest BCUT2D eigenvalue weighted by atomic mass is 32.2. The zero-order valence-corrected chi connectivity index (χ0v) is 34.5. The number of amides is 1. The fourth-order valence-electron chi connectivity index (χ4n) is 5.13. The van der Waals surface area contributed by atoms with Crippen LogP contribution in [0, 0.1) is 0 Å². The summed E-state index contributed by atoms with van der Waals surface area (Å²) in [5.74, 6) is -0.268.